The highest BCUT2D eigenvalue weighted by atomic mass is 16.3. The smallest absolute Gasteiger partial charge is 0.223 e. The van der Waals surface area contributed by atoms with Gasteiger partial charge in [-0.1, -0.05) is 6.92 Å². The lowest BCUT2D eigenvalue weighted by Gasteiger charge is -2.22. The maximum atomic E-state index is 10.4. The molecule has 3 N–H and O–H groups in total. The predicted molar refractivity (Wildman–Crippen MR) is 34.7 cm³/mol. The van der Waals surface area contributed by atoms with E-state index in [1.165, 1.54) is 0 Å². The first-order valence-electron chi connectivity index (χ1n) is 2.87. The van der Waals surface area contributed by atoms with Gasteiger partial charge in [-0.25, -0.2) is 0 Å². The Labute approximate surface area is 54.9 Å². The number of rotatable bonds is 2. The summed E-state index contributed by atoms with van der Waals surface area (Å²) in [6, 6.07) is 0. The monoisotopic (exact) mass is 131 g/mol. The third-order valence-electron chi connectivity index (χ3n) is 1.49. The predicted octanol–water partition coefficient (Wildman–Crippen LogP) is -0.121. The quantitative estimate of drug-likeness (QED) is 0.548. The molecule has 0 radical (unpaired) electrons. The van der Waals surface area contributed by atoms with Crippen molar-refractivity contribution in [2.75, 3.05) is 0 Å². The number of nitrogens with two attached hydrogens (primary N) is 1. The molecule has 0 fully saturated rings. The van der Waals surface area contributed by atoms with Gasteiger partial charge in [0.2, 0.25) is 5.91 Å². The van der Waals surface area contributed by atoms with Gasteiger partial charge in [-0.2, -0.15) is 0 Å². The van der Waals surface area contributed by atoms with Gasteiger partial charge in [-0.3, -0.25) is 4.79 Å². The fourth-order valence-corrected chi connectivity index (χ4v) is 0.348. The molecule has 0 saturated heterocycles. The number of amides is 1. The van der Waals surface area contributed by atoms with Crippen LogP contribution in [0, 0.1) is 5.92 Å². The Hall–Kier alpha value is -0.570. The fourth-order valence-electron chi connectivity index (χ4n) is 0.348. The van der Waals surface area contributed by atoms with Crippen LogP contribution in [0.3, 0.4) is 0 Å². The standard InChI is InChI=1S/C6H13NO2/c1-4(5(7)8)6(2,3)9/h4,9H,1-3H3,(H2,7,8). The van der Waals surface area contributed by atoms with E-state index >= 15 is 0 Å². The van der Waals surface area contributed by atoms with Crippen molar-refractivity contribution in [3.63, 3.8) is 0 Å². The van der Waals surface area contributed by atoms with E-state index in [0.29, 0.717) is 0 Å². The number of hydrogen-bond donors (Lipinski definition) is 2. The lowest BCUT2D eigenvalue weighted by atomic mass is 9.93. The summed E-state index contributed by atoms with van der Waals surface area (Å²) in [4.78, 5) is 10.4. The topological polar surface area (TPSA) is 63.3 Å². The Bertz CT molecular complexity index is 115. The van der Waals surface area contributed by atoms with Gasteiger partial charge in [0, 0.05) is 0 Å². The van der Waals surface area contributed by atoms with Gasteiger partial charge < -0.3 is 10.8 Å². The van der Waals surface area contributed by atoms with Crippen molar-refractivity contribution in [3.05, 3.63) is 0 Å². The van der Waals surface area contributed by atoms with Gasteiger partial charge in [0.1, 0.15) is 0 Å². The summed E-state index contributed by atoms with van der Waals surface area (Å²) in [6.07, 6.45) is 0. The molecule has 0 aliphatic carbocycles. The molecule has 0 rings (SSSR count). The van der Waals surface area contributed by atoms with E-state index in [4.69, 9.17) is 10.8 Å². The average Bonchev–Trinajstić information content (AvgIpc) is 1.62. The van der Waals surface area contributed by atoms with Crippen LogP contribution in [0.1, 0.15) is 20.8 Å². The van der Waals surface area contributed by atoms with Gasteiger partial charge in [0.25, 0.3) is 0 Å². The van der Waals surface area contributed by atoms with E-state index in [2.05, 4.69) is 0 Å². The molecule has 9 heavy (non-hydrogen) atoms. The van der Waals surface area contributed by atoms with Crippen molar-refractivity contribution in [1.82, 2.24) is 0 Å². The Kier molecular flexibility index (Phi) is 2.20. The maximum absolute atomic E-state index is 10.4. The number of carbonyl (C=O) groups excluding carboxylic acids is 1. The van der Waals surface area contributed by atoms with Crippen molar-refractivity contribution in [1.29, 1.82) is 0 Å². The summed E-state index contributed by atoms with van der Waals surface area (Å²) in [5, 5.41) is 9.16. The second-order valence-electron chi connectivity index (χ2n) is 2.78. The minimum atomic E-state index is -0.994. The zero-order valence-corrected chi connectivity index (χ0v) is 6.01. The van der Waals surface area contributed by atoms with Gasteiger partial charge in [0.15, 0.2) is 0 Å². The molecule has 1 amide bonds. The molecule has 0 aliphatic rings. The molecule has 0 aromatic rings. The molecule has 54 valence electrons. The van der Waals surface area contributed by atoms with Crippen LogP contribution in [0.15, 0.2) is 0 Å². The van der Waals surface area contributed by atoms with Crippen molar-refractivity contribution < 1.29 is 9.90 Å². The molecule has 0 aliphatic heterocycles. The summed E-state index contributed by atoms with van der Waals surface area (Å²) in [7, 11) is 0. The lowest BCUT2D eigenvalue weighted by molar-refractivity contribution is -0.128. The zero-order valence-electron chi connectivity index (χ0n) is 6.01. The molecule has 1 atom stereocenters. The molecular weight excluding hydrogens is 118 g/mol. The average molecular weight is 131 g/mol. The largest absolute Gasteiger partial charge is 0.390 e. The van der Waals surface area contributed by atoms with Crippen molar-refractivity contribution in [3.8, 4) is 0 Å². The second kappa shape index (κ2) is 2.35. The zero-order chi connectivity index (χ0) is 7.65. The van der Waals surface area contributed by atoms with Gasteiger partial charge in [-0.05, 0) is 13.8 Å². The normalized spacial score (nSPS) is 15.1. The highest BCUT2D eigenvalue weighted by Crippen LogP contribution is 2.13. The van der Waals surface area contributed by atoms with Crippen molar-refractivity contribution >= 4 is 5.91 Å². The molecule has 1 unspecified atom stereocenters. The summed E-state index contributed by atoms with van der Waals surface area (Å²) < 4.78 is 0. The first-order chi connectivity index (χ1) is 3.85. The highest BCUT2D eigenvalue weighted by Gasteiger charge is 2.26. The van der Waals surface area contributed by atoms with Crippen molar-refractivity contribution in [2.45, 2.75) is 26.4 Å². The van der Waals surface area contributed by atoms with Crippen LogP contribution < -0.4 is 5.73 Å². The van der Waals surface area contributed by atoms with Crippen LogP contribution >= 0.6 is 0 Å². The Morgan fingerprint density at radius 3 is 2.00 bits per heavy atom. The second-order valence-corrected chi connectivity index (χ2v) is 2.78. The van der Waals surface area contributed by atoms with E-state index in [1.807, 2.05) is 0 Å². The van der Waals surface area contributed by atoms with Crippen LogP contribution in [0.4, 0.5) is 0 Å². The van der Waals surface area contributed by atoms with E-state index in [0.717, 1.165) is 0 Å². The molecular formula is C6H13NO2. The number of hydrogen-bond acceptors (Lipinski definition) is 2. The van der Waals surface area contributed by atoms with Gasteiger partial charge >= 0.3 is 0 Å². The molecule has 0 aromatic heterocycles. The van der Waals surface area contributed by atoms with Crippen LogP contribution in [0.2, 0.25) is 0 Å². The summed E-state index contributed by atoms with van der Waals surface area (Å²) in [6.45, 7) is 4.72. The fraction of sp³-hybridized carbons (Fsp3) is 0.833. The maximum Gasteiger partial charge on any atom is 0.223 e. The van der Waals surface area contributed by atoms with Crippen LogP contribution in [-0.2, 0) is 4.79 Å². The SMILES string of the molecule is CC(C(N)=O)C(C)(C)O. The highest BCUT2D eigenvalue weighted by molar-refractivity contribution is 5.77. The lowest BCUT2D eigenvalue weighted by Crippen LogP contribution is -2.38. The Balaban J connectivity index is 4.04. The van der Waals surface area contributed by atoms with E-state index in [-0.39, 0.29) is 0 Å². The Morgan fingerprint density at radius 2 is 2.00 bits per heavy atom. The van der Waals surface area contributed by atoms with Crippen LogP contribution in [0.5, 0.6) is 0 Å². The number of carbonyl (C=O) groups is 1. The number of primary amides is 1. The third-order valence-corrected chi connectivity index (χ3v) is 1.49. The minimum absolute atomic E-state index is 0.470. The molecule has 0 saturated carbocycles. The molecule has 0 spiro atoms. The summed E-state index contributed by atoms with van der Waals surface area (Å²) in [5.74, 6) is -0.958. The van der Waals surface area contributed by atoms with Crippen LogP contribution in [-0.4, -0.2) is 16.6 Å². The van der Waals surface area contributed by atoms with Gasteiger partial charge in [-0.15, -0.1) is 0 Å². The van der Waals surface area contributed by atoms with E-state index in [1.54, 1.807) is 20.8 Å². The Morgan fingerprint density at radius 1 is 1.67 bits per heavy atom. The molecule has 3 heteroatoms. The first-order valence-corrected chi connectivity index (χ1v) is 2.87. The molecule has 0 bridgehead atoms. The van der Waals surface area contributed by atoms with Crippen LogP contribution in [0.25, 0.3) is 0 Å². The minimum Gasteiger partial charge on any atom is -0.390 e. The summed E-state index contributed by atoms with van der Waals surface area (Å²) in [5.41, 5.74) is 3.93. The third kappa shape index (κ3) is 2.46. The molecule has 3 nitrogen and oxygen atoms in total. The van der Waals surface area contributed by atoms with Crippen molar-refractivity contribution in [2.24, 2.45) is 11.7 Å². The summed E-state index contributed by atoms with van der Waals surface area (Å²) >= 11 is 0. The van der Waals surface area contributed by atoms with Gasteiger partial charge in [0.05, 0.1) is 11.5 Å². The first kappa shape index (κ1) is 8.43. The van der Waals surface area contributed by atoms with E-state index < -0.39 is 17.4 Å². The van der Waals surface area contributed by atoms with E-state index in [9.17, 15) is 4.79 Å². The molecule has 0 aromatic carbocycles. The number of aliphatic hydroxyl groups is 1. The molecule has 0 heterocycles.